The van der Waals surface area contributed by atoms with E-state index in [2.05, 4.69) is 4.98 Å². The fourth-order valence-electron chi connectivity index (χ4n) is 1.70. The Bertz CT molecular complexity index is 568. The molecule has 1 aromatic carbocycles. The van der Waals surface area contributed by atoms with Crippen molar-refractivity contribution < 1.29 is 14.3 Å². The van der Waals surface area contributed by atoms with Crippen LogP contribution in [0.25, 0.3) is 0 Å². The van der Waals surface area contributed by atoms with Crippen molar-refractivity contribution in [1.82, 2.24) is 4.98 Å². The molecule has 2 rings (SSSR count). The smallest absolute Gasteiger partial charge is 0.313 e. The van der Waals surface area contributed by atoms with Crippen molar-refractivity contribution >= 4 is 17.3 Å². The van der Waals surface area contributed by atoms with Gasteiger partial charge in [-0.2, -0.15) is 0 Å². The van der Waals surface area contributed by atoms with Crippen LogP contribution in [0.5, 0.6) is 0 Å². The van der Waals surface area contributed by atoms with E-state index in [1.54, 1.807) is 23.6 Å². The maximum Gasteiger partial charge on any atom is 0.313 e. The van der Waals surface area contributed by atoms with E-state index in [4.69, 9.17) is 0 Å². The zero-order chi connectivity index (χ0) is 13.1. The van der Waals surface area contributed by atoms with E-state index in [9.17, 15) is 14.3 Å². The van der Waals surface area contributed by atoms with Gasteiger partial charge in [0.25, 0.3) is 0 Å². The first-order valence-corrected chi connectivity index (χ1v) is 6.34. The zero-order valence-electron chi connectivity index (χ0n) is 9.76. The minimum atomic E-state index is -0.979. The molecule has 1 atom stereocenters. The van der Waals surface area contributed by atoms with Crippen LogP contribution in [0, 0.1) is 12.7 Å². The molecule has 0 aliphatic rings. The highest BCUT2D eigenvalue weighted by molar-refractivity contribution is 7.09. The molecule has 0 saturated heterocycles. The number of carboxylic acids is 1. The van der Waals surface area contributed by atoms with Crippen LogP contribution in [0.3, 0.4) is 0 Å². The lowest BCUT2D eigenvalue weighted by atomic mass is 9.99. The lowest BCUT2D eigenvalue weighted by Crippen LogP contribution is -2.15. The lowest BCUT2D eigenvalue weighted by molar-refractivity contribution is -0.138. The maximum absolute atomic E-state index is 13.5. The topological polar surface area (TPSA) is 50.2 Å². The average Bonchev–Trinajstić information content (AvgIpc) is 2.74. The Labute approximate surface area is 108 Å². The van der Waals surface area contributed by atoms with Gasteiger partial charge in [0, 0.05) is 11.1 Å². The van der Waals surface area contributed by atoms with Gasteiger partial charge in [-0.1, -0.05) is 18.2 Å². The maximum atomic E-state index is 13.5. The number of aryl methyl sites for hydroxylation is 1. The van der Waals surface area contributed by atoms with Crippen LogP contribution in [-0.4, -0.2) is 16.1 Å². The van der Waals surface area contributed by atoms with Gasteiger partial charge in [0.2, 0.25) is 0 Å². The molecule has 1 aromatic heterocycles. The number of hydrogen-bond donors (Lipinski definition) is 1. The van der Waals surface area contributed by atoms with Crippen molar-refractivity contribution in [2.75, 3.05) is 0 Å². The fourth-order valence-corrected chi connectivity index (χ4v) is 2.59. The molecular formula is C13H12FNO2S. The Morgan fingerprint density at radius 2 is 2.22 bits per heavy atom. The number of aliphatic carboxylic acids is 1. The van der Waals surface area contributed by atoms with E-state index < -0.39 is 11.9 Å². The molecule has 0 aliphatic heterocycles. The van der Waals surface area contributed by atoms with E-state index in [1.165, 1.54) is 17.4 Å². The van der Waals surface area contributed by atoms with E-state index in [1.807, 2.05) is 6.92 Å². The van der Waals surface area contributed by atoms with Crippen LogP contribution in [0.15, 0.2) is 29.6 Å². The first-order valence-electron chi connectivity index (χ1n) is 5.46. The first-order chi connectivity index (χ1) is 8.58. The Morgan fingerprint density at radius 1 is 1.50 bits per heavy atom. The first kappa shape index (κ1) is 12.7. The normalized spacial score (nSPS) is 12.3. The molecular weight excluding hydrogens is 253 g/mol. The third-order valence-corrected chi connectivity index (χ3v) is 3.69. The van der Waals surface area contributed by atoms with Crippen molar-refractivity contribution in [3.8, 4) is 0 Å². The third-order valence-electron chi connectivity index (χ3n) is 2.61. The van der Waals surface area contributed by atoms with Crippen molar-refractivity contribution in [3.63, 3.8) is 0 Å². The molecule has 0 amide bonds. The SMILES string of the molecule is Cc1csc(C(Cc2ccccc2F)C(=O)O)n1. The molecule has 0 radical (unpaired) electrons. The largest absolute Gasteiger partial charge is 0.481 e. The molecule has 0 saturated carbocycles. The molecule has 1 unspecified atom stereocenters. The third kappa shape index (κ3) is 2.73. The van der Waals surface area contributed by atoms with Crippen LogP contribution in [0.1, 0.15) is 22.2 Å². The molecule has 1 N–H and O–H groups in total. The number of aromatic nitrogens is 1. The van der Waals surface area contributed by atoms with Crippen molar-refractivity contribution in [1.29, 1.82) is 0 Å². The Kier molecular flexibility index (Phi) is 3.72. The second kappa shape index (κ2) is 5.27. The summed E-state index contributed by atoms with van der Waals surface area (Å²) in [6.07, 6.45) is 0.120. The van der Waals surface area contributed by atoms with E-state index >= 15 is 0 Å². The molecule has 3 nitrogen and oxygen atoms in total. The minimum absolute atomic E-state index is 0.120. The van der Waals surface area contributed by atoms with Gasteiger partial charge in [0.1, 0.15) is 16.7 Å². The molecule has 5 heteroatoms. The summed E-state index contributed by atoms with van der Waals surface area (Å²) < 4.78 is 13.5. The second-order valence-corrected chi connectivity index (χ2v) is 4.90. The monoisotopic (exact) mass is 265 g/mol. The molecule has 1 heterocycles. The Morgan fingerprint density at radius 3 is 2.78 bits per heavy atom. The average molecular weight is 265 g/mol. The second-order valence-electron chi connectivity index (χ2n) is 4.01. The van der Waals surface area contributed by atoms with E-state index in [-0.39, 0.29) is 12.2 Å². The van der Waals surface area contributed by atoms with Gasteiger partial charge in [0.05, 0.1) is 0 Å². The predicted octanol–water partition coefficient (Wildman–Crippen LogP) is 3.00. The number of hydrogen-bond acceptors (Lipinski definition) is 3. The van der Waals surface area contributed by atoms with Gasteiger partial charge < -0.3 is 5.11 Å². The van der Waals surface area contributed by atoms with Crippen LogP contribution in [-0.2, 0) is 11.2 Å². The number of benzene rings is 1. The van der Waals surface area contributed by atoms with Gasteiger partial charge in [-0.15, -0.1) is 11.3 Å². The molecule has 0 fully saturated rings. The van der Waals surface area contributed by atoms with Gasteiger partial charge in [-0.25, -0.2) is 9.37 Å². The number of carbonyl (C=O) groups is 1. The van der Waals surface area contributed by atoms with Crippen LogP contribution >= 0.6 is 11.3 Å². The van der Waals surface area contributed by atoms with Crippen LogP contribution in [0.4, 0.5) is 4.39 Å². The van der Waals surface area contributed by atoms with Crippen LogP contribution in [0.2, 0.25) is 0 Å². The van der Waals surface area contributed by atoms with Gasteiger partial charge >= 0.3 is 5.97 Å². The molecule has 94 valence electrons. The quantitative estimate of drug-likeness (QED) is 0.924. The lowest BCUT2D eigenvalue weighted by Gasteiger charge is -2.10. The number of carboxylic acid groups (broad SMARTS) is 1. The zero-order valence-corrected chi connectivity index (χ0v) is 10.6. The predicted molar refractivity (Wildman–Crippen MR) is 67.3 cm³/mol. The number of rotatable bonds is 4. The summed E-state index contributed by atoms with van der Waals surface area (Å²) >= 11 is 1.30. The summed E-state index contributed by atoms with van der Waals surface area (Å²) in [7, 11) is 0. The highest BCUT2D eigenvalue weighted by Crippen LogP contribution is 2.25. The minimum Gasteiger partial charge on any atom is -0.481 e. The summed E-state index contributed by atoms with van der Waals surface area (Å²) in [5, 5.41) is 11.5. The molecule has 0 spiro atoms. The number of nitrogens with zero attached hydrogens (tertiary/aromatic N) is 1. The highest BCUT2D eigenvalue weighted by atomic mass is 32.1. The van der Waals surface area contributed by atoms with E-state index in [0.29, 0.717) is 10.6 Å². The van der Waals surface area contributed by atoms with Gasteiger partial charge in [0.15, 0.2) is 0 Å². The van der Waals surface area contributed by atoms with Crippen LogP contribution < -0.4 is 0 Å². The number of thiazole rings is 1. The fraction of sp³-hybridized carbons (Fsp3) is 0.231. The summed E-state index contributed by atoms with van der Waals surface area (Å²) in [5.74, 6) is -2.15. The molecule has 2 aromatic rings. The summed E-state index contributed by atoms with van der Waals surface area (Å²) in [6, 6.07) is 6.22. The molecule has 0 bridgehead atoms. The Balaban J connectivity index is 2.28. The van der Waals surface area contributed by atoms with Crippen molar-refractivity contribution in [2.24, 2.45) is 0 Å². The summed E-state index contributed by atoms with van der Waals surface area (Å²) in [6.45, 7) is 1.81. The molecule has 18 heavy (non-hydrogen) atoms. The van der Waals surface area contributed by atoms with Crippen molar-refractivity contribution in [2.45, 2.75) is 19.3 Å². The highest BCUT2D eigenvalue weighted by Gasteiger charge is 2.24. The van der Waals surface area contributed by atoms with Gasteiger partial charge in [-0.3, -0.25) is 4.79 Å². The standard InChI is InChI=1S/C13H12FNO2S/c1-8-7-18-12(15-8)10(13(16)17)6-9-4-2-3-5-11(9)14/h2-5,7,10H,6H2,1H3,(H,16,17). The summed E-state index contributed by atoms with van der Waals surface area (Å²) in [4.78, 5) is 15.4. The summed E-state index contributed by atoms with van der Waals surface area (Å²) in [5.41, 5.74) is 1.19. The molecule has 0 aliphatic carbocycles. The van der Waals surface area contributed by atoms with Gasteiger partial charge in [-0.05, 0) is 25.0 Å². The Hall–Kier alpha value is -1.75. The van der Waals surface area contributed by atoms with Crippen molar-refractivity contribution in [3.05, 3.63) is 51.7 Å². The number of halogens is 1. The van der Waals surface area contributed by atoms with E-state index in [0.717, 1.165) is 5.69 Å².